The van der Waals surface area contributed by atoms with E-state index in [1.807, 2.05) is 12.1 Å². The molecular weight excluding hydrogens is 320 g/mol. The van der Waals surface area contributed by atoms with Crippen LogP contribution < -0.4 is 0 Å². The predicted molar refractivity (Wildman–Crippen MR) is 76.4 cm³/mol. The summed E-state index contributed by atoms with van der Waals surface area (Å²) in [7, 11) is 2.08. The first-order valence-corrected chi connectivity index (χ1v) is 7.21. The molecule has 0 aliphatic carbocycles. The summed E-state index contributed by atoms with van der Waals surface area (Å²) in [4.78, 5) is 6.49. The number of rotatable bonds is 4. The average molecular weight is 332 g/mol. The van der Waals surface area contributed by atoms with Gasteiger partial charge in [0.25, 0.3) is 0 Å². The van der Waals surface area contributed by atoms with E-state index in [0.717, 1.165) is 18.8 Å². The van der Waals surface area contributed by atoms with E-state index in [2.05, 4.69) is 44.3 Å². The SMILES string of the molecule is CN(Cc1csc(Br)c1)Cc1cccc(Cl)n1. The fraction of sp³-hybridized carbons (Fsp3) is 0.250. The maximum Gasteiger partial charge on any atom is 0.129 e. The second kappa shape index (κ2) is 5.96. The lowest BCUT2D eigenvalue weighted by Gasteiger charge is -2.15. The van der Waals surface area contributed by atoms with Crippen LogP contribution in [0.4, 0.5) is 0 Å². The molecule has 0 radical (unpaired) electrons. The van der Waals surface area contributed by atoms with Gasteiger partial charge in [-0.3, -0.25) is 4.90 Å². The smallest absolute Gasteiger partial charge is 0.129 e. The van der Waals surface area contributed by atoms with Crippen LogP contribution >= 0.6 is 38.9 Å². The Morgan fingerprint density at radius 2 is 2.24 bits per heavy atom. The molecule has 0 atom stereocenters. The minimum absolute atomic E-state index is 0.550. The molecule has 0 N–H and O–H groups in total. The van der Waals surface area contributed by atoms with Crippen LogP contribution in [-0.2, 0) is 13.1 Å². The Morgan fingerprint density at radius 3 is 2.88 bits per heavy atom. The molecule has 5 heteroatoms. The van der Waals surface area contributed by atoms with Crippen LogP contribution in [0.5, 0.6) is 0 Å². The summed E-state index contributed by atoms with van der Waals surface area (Å²) in [5.41, 5.74) is 2.31. The van der Waals surface area contributed by atoms with Gasteiger partial charge in [-0.25, -0.2) is 4.98 Å². The van der Waals surface area contributed by atoms with Crippen molar-refractivity contribution in [3.63, 3.8) is 0 Å². The number of pyridine rings is 1. The number of hydrogen-bond donors (Lipinski definition) is 0. The lowest BCUT2D eigenvalue weighted by Crippen LogP contribution is -2.17. The monoisotopic (exact) mass is 330 g/mol. The second-order valence-corrected chi connectivity index (χ2v) is 6.56. The number of aromatic nitrogens is 1. The van der Waals surface area contributed by atoms with Gasteiger partial charge >= 0.3 is 0 Å². The molecule has 17 heavy (non-hydrogen) atoms. The molecule has 2 aromatic heterocycles. The van der Waals surface area contributed by atoms with Crippen molar-refractivity contribution in [2.24, 2.45) is 0 Å². The van der Waals surface area contributed by atoms with E-state index < -0.39 is 0 Å². The zero-order chi connectivity index (χ0) is 12.3. The van der Waals surface area contributed by atoms with Crippen molar-refractivity contribution < 1.29 is 0 Å². The summed E-state index contributed by atoms with van der Waals surface area (Å²) in [5, 5.41) is 2.71. The molecule has 0 aromatic carbocycles. The fourth-order valence-corrected chi connectivity index (χ4v) is 2.99. The van der Waals surface area contributed by atoms with Crippen molar-refractivity contribution in [2.75, 3.05) is 7.05 Å². The molecule has 0 aliphatic heterocycles. The highest BCUT2D eigenvalue weighted by molar-refractivity contribution is 9.11. The molecule has 2 nitrogen and oxygen atoms in total. The highest BCUT2D eigenvalue weighted by atomic mass is 79.9. The molecule has 0 unspecified atom stereocenters. The topological polar surface area (TPSA) is 16.1 Å². The molecule has 0 aliphatic rings. The van der Waals surface area contributed by atoms with Crippen LogP contribution in [0, 0.1) is 0 Å². The van der Waals surface area contributed by atoms with Gasteiger partial charge in [0, 0.05) is 13.1 Å². The summed E-state index contributed by atoms with van der Waals surface area (Å²) in [6.07, 6.45) is 0. The predicted octanol–water partition coefficient (Wildman–Crippen LogP) is 4.19. The normalized spacial score (nSPS) is 11.1. The summed E-state index contributed by atoms with van der Waals surface area (Å²) in [6, 6.07) is 7.86. The average Bonchev–Trinajstić information content (AvgIpc) is 2.63. The van der Waals surface area contributed by atoms with Gasteiger partial charge in [-0.1, -0.05) is 17.7 Å². The van der Waals surface area contributed by atoms with E-state index in [1.54, 1.807) is 17.4 Å². The third kappa shape index (κ3) is 4.07. The number of halogens is 2. The maximum atomic E-state index is 5.86. The third-order valence-electron chi connectivity index (χ3n) is 2.28. The molecule has 0 spiro atoms. The Labute approximate surface area is 118 Å². The zero-order valence-corrected chi connectivity index (χ0v) is 12.5. The van der Waals surface area contributed by atoms with Crippen molar-refractivity contribution in [1.82, 2.24) is 9.88 Å². The molecule has 90 valence electrons. The number of nitrogens with zero attached hydrogens (tertiary/aromatic N) is 2. The Bertz CT molecular complexity index is 501. The lowest BCUT2D eigenvalue weighted by molar-refractivity contribution is 0.315. The van der Waals surface area contributed by atoms with E-state index in [9.17, 15) is 0 Å². The Balaban J connectivity index is 1.95. The molecular formula is C12H12BrClN2S. The van der Waals surface area contributed by atoms with Crippen molar-refractivity contribution in [3.05, 3.63) is 49.8 Å². The molecule has 0 saturated carbocycles. The van der Waals surface area contributed by atoms with Crippen molar-refractivity contribution in [3.8, 4) is 0 Å². The standard InChI is InChI=1S/C12H12BrClN2S/c1-16(6-9-5-11(13)17-8-9)7-10-3-2-4-12(14)15-10/h2-5,8H,6-7H2,1H3. The van der Waals surface area contributed by atoms with Gasteiger partial charge in [0.05, 0.1) is 9.48 Å². The van der Waals surface area contributed by atoms with Gasteiger partial charge in [-0.05, 0) is 52.1 Å². The van der Waals surface area contributed by atoms with Crippen molar-refractivity contribution in [1.29, 1.82) is 0 Å². The number of thiophene rings is 1. The van der Waals surface area contributed by atoms with Crippen LogP contribution in [-0.4, -0.2) is 16.9 Å². The van der Waals surface area contributed by atoms with Crippen LogP contribution in [0.25, 0.3) is 0 Å². The van der Waals surface area contributed by atoms with Crippen LogP contribution in [0.15, 0.2) is 33.4 Å². The Kier molecular flexibility index (Phi) is 4.56. The van der Waals surface area contributed by atoms with E-state index in [4.69, 9.17) is 11.6 Å². The van der Waals surface area contributed by atoms with E-state index >= 15 is 0 Å². The van der Waals surface area contributed by atoms with Crippen LogP contribution in [0.2, 0.25) is 5.15 Å². The summed E-state index contributed by atoms with van der Waals surface area (Å²) < 4.78 is 1.17. The molecule has 2 rings (SSSR count). The van der Waals surface area contributed by atoms with Crippen molar-refractivity contribution >= 4 is 38.9 Å². The third-order valence-corrected chi connectivity index (χ3v) is 4.04. The van der Waals surface area contributed by atoms with Crippen LogP contribution in [0.3, 0.4) is 0 Å². The highest BCUT2D eigenvalue weighted by Crippen LogP contribution is 2.21. The van der Waals surface area contributed by atoms with Gasteiger partial charge < -0.3 is 0 Å². The molecule has 0 amide bonds. The second-order valence-electron chi connectivity index (χ2n) is 3.88. The first kappa shape index (κ1) is 13.0. The Hall–Kier alpha value is -0.420. The van der Waals surface area contributed by atoms with Gasteiger partial charge in [0.2, 0.25) is 0 Å². The van der Waals surface area contributed by atoms with E-state index in [-0.39, 0.29) is 0 Å². The van der Waals surface area contributed by atoms with Gasteiger partial charge in [0.1, 0.15) is 5.15 Å². The van der Waals surface area contributed by atoms with Gasteiger partial charge in [0.15, 0.2) is 0 Å². The molecule has 0 fully saturated rings. The quantitative estimate of drug-likeness (QED) is 0.781. The first-order chi connectivity index (χ1) is 8.13. The zero-order valence-electron chi connectivity index (χ0n) is 9.36. The highest BCUT2D eigenvalue weighted by Gasteiger charge is 2.04. The van der Waals surface area contributed by atoms with Crippen LogP contribution in [0.1, 0.15) is 11.3 Å². The molecule has 0 saturated heterocycles. The maximum absolute atomic E-state index is 5.86. The summed E-state index contributed by atoms with van der Waals surface area (Å²) >= 11 is 11.0. The first-order valence-electron chi connectivity index (χ1n) is 5.16. The van der Waals surface area contributed by atoms with E-state index in [0.29, 0.717) is 5.15 Å². The fourth-order valence-electron chi connectivity index (χ4n) is 1.61. The largest absolute Gasteiger partial charge is 0.296 e. The molecule has 2 aromatic rings. The Morgan fingerprint density at radius 1 is 1.41 bits per heavy atom. The minimum atomic E-state index is 0.550. The molecule has 2 heterocycles. The number of hydrogen-bond acceptors (Lipinski definition) is 3. The van der Waals surface area contributed by atoms with Crippen molar-refractivity contribution in [2.45, 2.75) is 13.1 Å². The van der Waals surface area contributed by atoms with Gasteiger partial charge in [-0.15, -0.1) is 11.3 Å². The van der Waals surface area contributed by atoms with Gasteiger partial charge in [-0.2, -0.15) is 0 Å². The van der Waals surface area contributed by atoms with E-state index in [1.165, 1.54) is 9.35 Å². The minimum Gasteiger partial charge on any atom is -0.296 e. The summed E-state index contributed by atoms with van der Waals surface area (Å²) in [5.74, 6) is 0. The molecule has 0 bridgehead atoms. The lowest BCUT2D eigenvalue weighted by atomic mass is 10.3. The summed E-state index contributed by atoms with van der Waals surface area (Å²) in [6.45, 7) is 1.71.